The first-order chi connectivity index (χ1) is 14.0. The van der Waals surface area contributed by atoms with E-state index in [0.29, 0.717) is 25.6 Å². The molecule has 1 aromatic carbocycles. The van der Waals surface area contributed by atoms with Gasteiger partial charge < -0.3 is 24.6 Å². The zero-order valence-electron chi connectivity index (χ0n) is 18.2. The van der Waals surface area contributed by atoms with Crippen molar-refractivity contribution in [3.63, 3.8) is 0 Å². The van der Waals surface area contributed by atoms with Crippen molar-refractivity contribution in [2.45, 2.75) is 59.2 Å². The van der Waals surface area contributed by atoms with Gasteiger partial charge in [-0.15, -0.1) is 24.0 Å². The SMILES string of the molecule is CCNC(=NCc1ccc(C)cc1OC1CCOC1)NCc1cc(C(C)C)no1.I. The second-order valence-electron chi connectivity index (χ2n) is 7.64. The third-order valence-electron chi connectivity index (χ3n) is 4.75. The fourth-order valence-corrected chi connectivity index (χ4v) is 3.05. The Bertz CT molecular complexity index is 816. The van der Waals surface area contributed by atoms with Gasteiger partial charge in [0.05, 0.1) is 32.0 Å². The molecule has 1 aliphatic heterocycles. The van der Waals surface area contributed by atoms with Gasteiger partial charge in [-0.05, 0) is 31.4 Å². The van der Waals surface area contributed by atoms with Gasteiger partial charge in [0.2, 0.25) is 0 Å². The summed E-state index contributed by atoms with van der Waals surface area (Å²) in [5, 5.41) is 10.7. The van der Waals surface area contributed by atoms with E-state index in [1.54, 1.807) is 0 Å². The molecule has 8 heteroatoms. The molecule has 0 radical (unpaired) electrons. The zero-order valence-corrected chi connectivity index (χ0v) is 20.6. The van der Waals surface area contributed by atoms with Crippen molar-refractivity contribution in [1.82, 2.24) is 15.8 Å². The fourth-order valence-electron chi connectivity index (χ4n) is 3.05. The quantitative estimate of drug-likeness (QED) is 0.305. The molecule has 2 N–H and O–H groups in total. The average Bonchev–Trinajstić information content (AvgIpc) is 3.37. The van der Waals surface area contributed by atoms with Crippen LogP contribution in [0.25, 0.3) is 0 Å². The highest BCUT2D eigenvalue weighted by Crippen LogP contribution is 2.24. The second kappa shape index (κ2) is 12.1. The number of guanidine groups is 1. The number of hydrogen-bond donors (Lipinski definition) is 2. The van der Waals surface area contributed by atoms with Gasteiger partial charge in [0, 0.05) is 24.6 Å². The maximum absolute atomic E-state index is 6.18. The monoisotopic (exact) mass is 528 g/mol. The largest absolute Gasteiger partial charge is 0.488 e. The summed E-state index contributed by atoms with van der Waals surface area (Å²) in [6.07, 6.45) is 1.05. The molecule has 1 aliphatic rings. The third kappa shape index (κ3) is 7.16. The van der Waals surface area contributed by atoms with Gasteiger partial charge in [-0.3, -0.25) is 0 Å². The molecule has 0 aliphatic carbocycles. The number of halogens is 1. The van der Waals surface area contributed by atoms with Gasteiger partial charge >= 0.3 is 0 Å². The molecule has 1 aromatic heterocycles. The molecular formula is C22H33IN4O3. The summed E-state index contributed by atoms with van der Waals surface area (Å²) in [4.78, 5) is 4.73. The Balaban J connectivity index is 0.00000320. The van der Waals surface area contributed by atoms with E-state index in [1.165, 1.54) is 5.56 Å². The first-order valence-electron chi connectivity index (χ1n) is 10.4. The van der Waals surface area contributed by atoms with Crippen molar-refractivity contribution >= 4 is 29.9 Å². The van der Waals surface area contributed by atoms with Crippen LogP contribution in [0.3, 0.4) is 0 Å². The topological polar surface area (TPSA) is 80.9 Å². The van der Waals surface area contributed by atoms with Crippen LogP contribution in [0, 0.1) is 6.92 Å². The highest BCUT2D eigenvalue weighted by Gasteiger charge is 2.18. The normalized spacial score (nSPS) is 16.4. The van der Waals surface area contributed by atoms with Crippen LogP contribution in [0.15, 0.2) is 33.8 Å². The van der Waals surface area contributed by atoms with Gasteiger partial charge in [-0.25, -0.2) is 4.99 Å². The third-order valence-corrected chi connectivity index (χ3v) is 4.75. The molecule has 2 aromatic rings. The predicted octanol–water partition coefficient (Wildman–Crippen LogP) is 4.15. The molecule has 0 bridgehead atoms. The molecule has 7 nitrogen and oxygen atoms in total. The molecule has 2 heterocycles. The number of aromatic nitrogens is 1. The Labute approximate surface area is 196 Å². The number of aryl methyl sites for hydroxylation is 1. The van der Waals surface area contributed by atoms with Crippen LogP contribution < -0.4 is 15.4 Å². The zero-order chi connectivity index (χ0) is 20.6. The summed E-state index contributed by atoms with van der Waals surface area (Å²) in [6.45, 7) is 11.5. The maximum atomic E-state index is 6.18. The maximum Gasteiger partial charge on any atom is 0.191 e. The Morgan fingerprint density at radius 2 is 2.13 bits per heavy atom. The summed E-state index contributed by atoms with van der Waals surface area (Å²) in [6, 6.07) is 8.23. The lowest BCUT2D eigenvalue weighted by Gasteiger charge is -2.16. The molecular weight excluding hydrogens is 495 g/mol. The molecule has 166 valence electrons. The lowest BCUT2D eigenvalue weighted by Crippen LogP contribution is -2.36. The highest BCUT2D eigenvalue weighted by molar-refractivity contribution is 14.0. The van der Waals surface area contributed by atoms with Crippen LogP contribution in [0.4, 0.5) is 0 Å². The van der Waals surface area contributed by atoms with Crippen molar-refractivity contribution in [2.75, 3.05) is 19.8 Å². The van der Waals surface area contributed by atoms with Gasteiger partial charge in [0.1, 0.15) is 11.9 Å². The summed E-state index contributed by atoms with van der Waals surface area (Å²) in [7, 11) is 0. The number of rotatable bonds is 8. The first kappa shape index (κ1) is 24.5. The summed E-state index contributed by atoms with van der Waals surface area (Å²) in [5.74, 6) is 2.75. The van der Waals surface area contributed by atoms with Crippen LogP contribution in [-0.2, 0) is 17.8 Å². The molecule has 1 saturated heterocycles. The van der Waals surface area contributed by atoms with E-state index < -0.39 is 0 Å². The molecule has 30 heavy (non-hydrogen) atoms. The van der Waals surface area contributed by atoms with Crippen LogP contribution in [0.2, 0.25) is 0 Å². The lowest BCUT2D eigenvalue weighted by molar-refractivity contribution is 0.140. The minimum Gasteiger partial charge on any atom is -0.488 e. The Hall–Kier alpha value is -1.81. The minimum atomic E-state index is 0. The Kier molecular flexibility index (Phi) is 9.90. The molecule has 3 rings (SSSR count). The number of aliphatic imine (C=N–C) groups is 1. The average molecular weight is 528 g/mol. The number of hydrogen-bond acceptors (Lipinski definition) is 5. The van der Waals surface area contributed by atoms with E-state index in [-0.39, 0.29) is 30.1 Å². The number of ether oxygens (including phenoxy) is 2. The number of benzene rings is 1. The van der Waals surface area contributed by atoms with Crippen molar-refractivity contribution in [3.8, 4) is 5.75 Å². The van der Waals surface area contributed by atoms with Crippen molar-refractivity contribution in [2.24, 2.45) is 4.99 Å². The van der Waals surface area contributed by atoms with E-state index in [2.05, 4.69) is 54.8 Å². The highest BCUT2D eigenvalue weighted by atomic mass is 127. The molecule has 1 atom stereocenters. The molecule has 0 spiro atoms. The standard InChI is InChI=1S/C22H32N4O3.HI/c1-5-23-22(25-13-19-11-20(15(2)3)26-29-19)24-12-17-7-6-16(4)10-21(17)28-18-8-9-27-14-18;/h6-7,10-11,15,18H,5,8-9,12-14H2,1-4H3,(H2,23,24,25);1H. The van der Waals surface area contributed by atoms with Crippen molar-refractivity contribution in [1.29, 1.82) is 0 Å². The van der Waals surface area contributed by atoms with Crippen LogP contribution >= 0.6 is 24.0 Å². The first-order valence-corrected chi connectivity index (χ1v) is 10.4. The van der Waals surface area contributed by atoms with Crippen LogP contribution in [-0.4, -0.2) is 37.0 Å². The molecule has 0 saturated carbocycles. The lowest BCUT2D eigenvalue weighted by atomic mass is 10.1. The predicted molar refractivity (Wildman–Crippen MR) is 129 cm³/mol. The smallest absolute Gasteiger partial charge is 0.191 e. The Morgan fingerprint density at radius 3 is 2.80 bits per heavy atom. The van der Waals surface area contributed by atoms with E-state index in [4.69, 9.17) is 19.0 Å². The molecule has 1 unspecified atom stereocenters. The minimum absolute atomic E-state index is 0. The number of nitrogens with one attached hydrogen (secondary N) is 2. The van der Waals surface area contributed by atoms with E-state index in [1.807, 2.05) is 13.0 Å². The number of nitrogens with zero attached hydrogens (tertiary/aromatic N) is 2. The van der Waals surface area contributed by atoms with Gasteiger partial charge in [-0.1, -0.05) is 31.1 Å². The molecule has 0 amide bonds. The van der Waals surface area contributed by atoms with Crippen molar-refractivity contribution in [3.05, 3.63) is 46.8 Å². The van der Waals surface area contributed by atoms with Gasteiger partial charge in [-0.2, -0.15) is 0 Å². The van der Waals surface area contributed by atoms with E-state index >= 15 is 0 Å². The summed E-state index contributed by atoms with van der Waals surface area (Å²) in [5.41, 5.74) is 3.19. The molecule has 1 fully saturated rings. The summed E-state index contributed by atoms with van der Waals surface area (Å²) < 4.78 is 17.0. The van der Waals surface area contributed by atoms with Gasteiger partial charge in [0.15, 0.2) is 11.7 Å². The Morgan fingerprint density at radius 1 is 1.30 bits per heavy atom. The van der Waals surface area contributed by atoms with Crippen LogP contribution in [0.1, 0.15) is 55.7 Å². The van der Waals surface area contributed by atoms with E-state index in [0.717, 1.165) is 48.3 Å². The van der Waals surface area contributed by atoms with Crippen LogP contribution in [0.5, 0.6) is 5.75 Å². The fraction of sp³-hybridized carbons (Fsp3) is 0.545. The van der Waals surface area contributed by atoms with Crippen molar-refractivity contribution < 1.29 is 14.0 Å². The second-order valence-corrected chi connectivity index (χ2v) is 7.64. The summed E-state index contributed by atoms with van der Waals surface area (Å²) >= 11 is 0. The van der Waals surface area contributed by atoms with Gasteiger partial charge in [0.25, 0.3) is 0 Å². The van der Waals surface area contributed by atoms with E-state index in [9.17, 15) is 0 Å².